The zero-order valence-corrected chi connectivity index (χ0v) is 14.2. The molecule has 0 fully saturated rings. The van der Waals surface area contributed by atoms with E-state index in [4.69, 9.17) is 0 Å². The van der Waals surface area contributed by atoms with Gasteiger partial charge in [-0.25, -0.2) is 0 Å². The van der Waals surface area contributed by atoms with Crippen molar-refractivity contribution in [3.05, 3.63) is 59.4 Å². The lowest BCUT2D eigenvalue weighted by Gasteiger charge is -2.14. The summed E-state index contributed by atoms with van der Waals surface area (Å²) in [6.45, 7) is 3.73. The molecule has 2 rings (SSSR count). The molecule has 1 atom stereocenters. The van der Waals surface area contributed by atoms with E-state index in [9.17, 15) is 22.8 Å². The van der Waals surface area contributed by atoms with Gasteiger partial charge in [-0.05, 0) is 37.6 Å². The number of hydrogen-bond acceptors (Lipinski definition) is 3. The molecular formula is C18H18F3N3O2. The van der Waals surface area contributed by atoms with Gasteiger partial charge in [-0.2, -0.15) is 13.2 Å². The average molecular weight is 365 g/mol. The Kier molecular flexibility index (Phi) is 5.97. The largest absolute Gasteiger partial charge is 0.418 e. The molecule has 0 bridgehead atoms. The molecule has 0 saturated heterocycles. The molecule has 1 heterocycles. The van der Waals surface area contributed by atoms with Gasteiger partial charge in [0.2, 0.25) is 0 Å². The molecule has 1 aromatic carbocycles. The van der Waals surface area contributed by atoms with Crippen molar-refractivity contribution < 1.29 is 22.8 Å². The minimum Gasteiger partial charge on any atom is -0.348 e. The van der Waals surface area contributed by atoms with Crippen LogP contribution in [0.3, 0.4) is 0 Å². The van der Waals surface area contributed by atoms with E-state index < -0.39 is 23.6 Å². The van der Waals surface area contributed by atoms with E-state index in [-0.39, 0.29) is 23.0 Å². The van der Waals surface area contributed by atoms with Gasteiger partial charge in [-0.15, -0.1) is 0 Å². The number of halogens is 3. The highest BCUT2D eigenvalue weighted by atomic mass is 19.4. The van der Waals surface area contributed by atoms with E-state index in [1.54, 1.807) is 0 Å². The lowest BCUT2D eigenvalue weighted by molar-refractivity contribution is -0.136. The fourth-order valence-corrected chi connectivity index (χ4v) is 2.13. The summed E-state index contributed by atoms with van der Waals surface area (Å²) in [5.41, 5.74) is -1.25. The fourth-order valence-electron chi connectivity index (χ4n) is 2.13. The van der Waals surface area contributed by atoms with Gasteiger partial charge in [0.25, 0.3) is 11.8 Å². The molecule has 5 nitrogen and oxygen atoms in total. The van der Waals surface area contributed by atoms with Gasteiger partial charge >= 0.3 is 6.18 Å². The van der Waals surface area contributed by atoms with Crippen LogP contribution >= 0.6 is 0 Å². The first-order chi connectivity index (χ1) is 12.2. The lowest BCUT2D eigenvalue weighted by atomic mass is 10.1. The number of amides is 2. The van der Waals surface area contributed by atoms with Crippen molar-refractivity contribution >= 4 is 17.5 Å². The van der Waals surface area contributed by atoms with E-state index in [2.05, 4.69) is 15.6 Å². The zero-order chi connectivity index (χ0) is 19.3. The topological polar surface area (TPSA) is 71.1 Å². The summed E-state index contributed by atoms with van der Waals surface area (Å²) in [4.78, 5) is 28.3. The summed E-state index contributed by atoms with van der Waals surface area (Å²) in [5.74, 6) is -1.22. The number of hydrogen-bond donors (Lipinski definition) is 2. The molecule has 2 aromatic rings. The maximum atomic E-state index is 13.0. The molecule has 0 saturated carbocycles. The SMILES string of the molecule is CCC(C)NC(=O)c1cc(C(=O)Nc2ccccc2C(F)(F)F)ccn1. The highest BCUT2D eigenvalue weighted by molar-refractivity contribution is 6.06. The molecule has 0 aliphatic carbocycles. The number of aromatic nitrogens is 1. The Bertz CT molecular complexity index is 806. The number of para-hydroxylation sites is 1. The van der Waals surface area contributed by atoms with Gasteiger partial charge in [-0.3, -0.25) is 14.6 Å². The second kappa shape index (κ2) is 7.99. The molecule has 2 N–H and O–H groups in total. The van der Waals surface area contributed by atoms with Gasteiger partial charge in [0.05, 0.1) is 11.3 Å². The molecular weight excluding hydrogens is 347 g/mol. The minimum atomic E-state index is -4.59. The minimum absolute atomic E-state index is 0.0158. The summed E-state index contributed by atoms with van der Waals surface area (Å²) < 4.78 is 39.0. The molecule has 0 aliphatic rings. The molecule has 1 unspecified atom stereocenters. The first-order valence-electron chi connectivity index (χ1n) is 7.97. The maximum absolute atomic E-state index is 13.0. The Labute approximate surface area is 148 Å². The van der Waals surface area contributed by atoms with E-state index in [1.165, 1.54) is 36.5 Å². The van der Waals surface area contributed by atoms with Crippen LogP contribution in [0.15, 0.2) is 42.6 Å². The van der Waals surface area contributed by atoms with Crippen LogP contribution in [0, 0.1) is 0 Å². The fraction of sp³-hybridized carbons (Fsp3) is 0.278. The molecule has 0 spiro atoms. The Balaban J connectivity index is 2.22. The van der Waals surface area contributed by atoms with Gasteiger partial charge in [0.1, 0.15) is 5.69 Å². The Hall–Kier alpha value is -2.90. The predicted molar refractivity (Wildman–Crippen MR) is 90.9 cm³/mol. The maximum Gasteiger partial charge on any atom is 0.418 e. The van der Waals surface area contributed by atoms with Gasteiger partial charge in [-0.1, -0.05) is 19.1 Å². The average Bonchev–Trinajstić information content (AvgIpc) is 2.61. The van der Waals surface area contributed by atoms with Crippen molar-refractivity contribution in [2.75, 3.05) is 5.32 Å². The number of benzene rings is 1. The monoisotopic (exact) mass is 365 g/mol. The van der Waals surface area contributed by atoms with E-state index in [0.717, 1.165) is 12.5 Å². The number of nitrogens with one attached hydrogen (secondary N) is 2. The van der Waals surface area contributed by atoms with Crippen LogP contribution in [0.25, 0.3) is 0 Å². The molecule has 26 heavy (non-hydrogen) atoms. The summed E-state index contributed by atoms with van der Waals surface area (Å²) in [6.07, 6.45) is -2.61. The van der Waals surface area contributed by atoms with Crippen molar-refractivity contribution in [3.8, 4) is 0 Å². The van der Waals surface area contributed by atoms with Crippen molar-refractivity contribution in [1.82, 2.24) is 10.3 Å². The van der Waals surface area contributed by atoms with E-state index >= 15 is 0 Å². The summed E-state index contributed by atoms with van der Waals surface area (Å²) in [6, 6.07) is 7.17. The molecule has 1 aromatic heterocycles. The van der Waals surface area contributed by atoms with Crippen LogP contribution in [0.1, 0.15) is 46.7 Å². The number of carbonyl (C=O) groups excluding carboxylic acids is 2. The van der Waals surface area contributed by atoms with Crippen molar-refractivity contribution in [2.45, 2.75) is 32.5 Å². The predicted octanol–water partition coefficient (Wildman–Crippen LogP) is 3.88. The number of anilines is 1. The Morgan fingerprint density at radius 1 is 1.15 bits per heavy atom. The van der Waals surface area contributed by atoms with Crippen molar-refractivity contribution in [2.24, 2.45) is 0 Å². The first kappa shape index (κ1) is 19.4. The number of rotatable bonds is 5. The smallest absolute Gasteiger partial charge is 0.348 e. The summed E-state index contributed by atoms with van der Waals surface area (Å²) >= 11 is 0. The van der Waals surface area contributed by atoms with Crippen molar-refractivity contribution in [3.63, 3.8) is 0 Å². The van der Waals surface area contributed by atoms with Gasteiger partial charge < -0.3 is 10.6 Å². The van der Waals surface area contributed by atoms with Crippen LogP contribution in [0.4, 0.5) is 18.9 Å². The number of pyridine rings is 1. The second-order valence-electron chi connectivity index (χ2n) is 5.71. The molecule has 0 aliphatic heterocycles. The third-order valence-corrected chi connectivity index (χ3v) is 3.73. The van der Waals surface area contributed by atoms with E-state index in [1.807, 2.05) is 13.8 Å². The third-order valence-electron chi connectivity index (χ3n) is 3.73. The second-order valence-corrected chi connectivity index (χ2v) is 5.71. The van der Waals surface area contributed by atoms with Gasteiger partial charge in [0, 0.05) is 17.8 Å². The lowest BCUT2D eigenvalue weighted by Crippen LogP contribution is -2.32. The number of alkyl halides is 3. The quantitative estimate of drug-likeness (QED) is 0.845. The first-order valence-corrected chi connectivity index (χ1v) is 7.97. The standard InChI is InChI=1S/C18H18F3N3O2/c1-3-11(2)23-17(26)15-10-12(8-9-22-15)16(25)24-14-7-5-4-6-13(14)18(19,20)21/h4-11H,3H2,1-2H3,(H,23,26)(H,24,25). The Morgan fingerprint density at radius 2 is 1.85 bits per heavy atom. The molecule has 8 heteroatoms. The highest BCUT2D eigenvalue weighted by Crippen LogP contribution is 2.34. The summed E-state index contributed by atoms with van der Waals surface area (Å²) in [7, 11) is 0. The van der Waals surface area contributed by atoms with Gasteiger partial charge in [0.15, 0.2) is 0 Å². The van der Waals surface area contributed by atoms with E-state index in [0.29, 0.717) is 0 Å². The van der Waals surface area contributed by atoms with Crippen molar-refractivity contribution in [1.29, 1.82) is 0 Å². The Morgan fingerprint density at radius 3 is 2.50 bits per heavy atom. The van der Waals surface area contributed by atoms with Crippen LogP contribution in [0.2, 0.25) is 0 Å². The molecule has 0 radical (unpaired) electrons. The third kappa shape index (κ3) is 4.81. The number of nitrogens with zero attached hydrogens (tertiary/aromatic N) is 1. The normalized spacial score (nSPS) is 12.3. The van der Waals surface area contributed by atoms with Crippen LogP contribution in [-0.4, -0.2) is 22.8 Å². The van der Waals surface area contributed by atoms with Crippen LogP contribution in [-0.2, 0) is 6.18 Å². The molecule has 138 valence electrons. The van der Waals surface area contributed by atoms with Crippen LogP contribution in [0.5, 0.6) is 0 Å². The summed E-state index contributed by atoms with van der Waals surface area (Å²) in [5, 5.41) is 4.94. The highest BCUT2D eigenvalue weighted by Gasteiger charge is 2.33. The van der Waals surface area contributed by atoms with Crippen LogP contribution < -0.4 is 10.6 Å². The zero-order valence-electron chi connectivity index (χ0n) is 14.2. The molecule has 2 amide bonds. The number of carbonyl (C=O) groups is 2.